The van der Waals surface area contributed by atoms with E-state index in [1.165, 1.54) is 21.1 Å². The second-order valence-electron chi connectivity index (χ2n) is 10.4. The first-order valence-corrected chi connectivity index (χ1v) is 15.4. The van der Waals surface area contributed by atoms with Crippen molar-refractivity contribution < 1.29 is 9.13 Å². The van der Waals surface area contributed by atoms with Crippen LogP contribution in [-0.4, -0.2) is 0 Å². The molecule has 3 atom stereocenters. The van der Waals surface area contributed by atoms with Crippen molar-refractivity contribution in [3.8, 4) is 5.75 Å². The van der Waals surface area contributed by atoms with E-state index in [4.69, 9.17) is 4.74 Å². The molecule has 3 aromatic rings. The molecule has 0 N–H and O–H groups in total. The minimum absolute atomic E-state index is 0.0472. The molecular formula is C32H41FIOP. The second-order valence-corrected chi connectivity index (χ2v) is 13.1. The van der Waals surface area contributed by atoms with Crippen molar-refractivity contribution in [1.29, 1.82) is 0 Å². The van der Waals surface area contributed by atoms with Gasteiger partial charge in [0.25, 0.3) is 0 Å². The van der Waals surface area contributed by atoms with Crippen LogP contribution in [0.3, 0.4) is 0 Å². The van der Waals surface area contributed by atoms with Gasteiger partial charge in [-0.15, -0.1) is 0 Å². The SMILES string of the molecule is CCCCC(Pc1ccccc1F)c1cc(I)cc(C(C)(C)C(C)CCC)c1OCc1ccccc1. The summed E-state index contributed by atoms with van der Waals surface area (Å²) in [5.41, 5.74) is 3.85. The van der Waals surface area contributed by atoms with Crippen molar-refractivity contribution in [2.75, 3.05) is 0 Å². The topological polar surface area (TPSA) is 9.23 Å². The second kappa shape index (κ2) is 13.9. The average Bonchev–Trinajstić information content (AvgIpc) is 2.87. The summed E-state index contributed by atoms with van der Waals surface area (Å²) in [6, 6.07) is 22.3. The quantitative estimate of drug-likeness (QED) is 0.137. The predicted octanol–water partition coefficient (Wildman–Crippen LogP) is 9.96. The summed E-state index contributed by atoms with van der Waals surface area (Å²) in [5.74, 6) is 1.42. The molecule has 0 fully saturated rings. The van der Waals surface area contributed by atoms with E-state index < -0.39 is 0 Å². The molecule has 36 heavy (non-hydrogen) atoms. The molecule has 0 saturated carbocycles. The van der Waals surface area contributed by atoms with E-state index in [0.29, 0.717) is 21.1 Å². The highest BCUT2D eigenvalue weighted by molar-refractivity contribution is 14.1. The Hall–Kier alpha value is -1.45. The van der Waals surface area contributed by atoms with Gasteiger partial charge in [-0.05, 0) is 64.1 Å². The molecular weight excluding hydrogens is 577 g/mol. The number of hydrogen-bond acceptors (Lipinski definition) is 1. The molecule has 3 rings (SSSR count). The predicted molar refractivity (Wildman–Crippen MR) is 164 cm³/mol. The molecule has 0 aromatic heterocycles. The van der Waals surface area contributed by atoms with E-state index in [2.05, 4.69) is 93.6 Å². The van der Waals surface area contributed by atoms with Crippen LogP contribution >= 0.6 is 31.2 Å². The molecule has 0 saturated heterocycles. The minimum atomic E-state index is -0.105. The fraction of sp³-hybridized carbons (Fsp3) is 0.438. The van der Waals surface area contributed by atoms with Gasteiger partial charge < -0.3 is 4.74 Å². The van der Waals surface area contributed by atoms with Crippen LogP contribution in [0.1, 0.15) is 89.1 Å². The van der Waals surface area contributed by atoms with Crippen molar-refractivity contribution in [3.05, 3.63) is 92.8 Å². The minimum Gasteiger partial charge on any atom is -0.488 e. The van der Waals surface area contributed by atoms with E-state index in [-0.39, 0.29) is 16.9 Å². The molecule has 0 bridgehead atoms. The lowest BCUT2D eigenvalue weighted by Crippen LogP contribution is -2.28. The third kappa shape index (κ3) is 7.54. The molecule has 0 heterocycles. The average molecular weight is 619 g/mol. The Labute approximate surface area is 233 Å². The summed E-state index contributed by atoms with van der Waals surface area (Å²) in [4.78, 5) is 0. The maximum atomic E-state index is 14.8. The molecule has 4 heteroatoms. The number of halogens is 2. The van der Waals surface area contributed by atoms with Gasteiger partial charge in [0.15, 0.2) is 0 Å². The zero-order chi connectivity index (χ0) is 26.1. The molecule has 0 aliphatic rings. The lowest BCUT2D eigenvalue weighted by molar-refractivity contribution is 0.270. The summed E-state index contributed by atoms with van der Waals surface area (Å²) < 4.78 is 22.8. The summed E-state index contributed by atoms with van der Waals surface area (Å²) in [6.45, 7) is 12.1. The monoisotopic (exact) mass is 618 g/mol. The normalized spacial score (nSPS) is 13.8. The Morgan fingerprint density at radius 2 is 1.64 bits per heavy atom. The van der Waals surface area contributed by atoms with Crippen LogP contribution in [0.2, 0.25) is 0 Å². The molecule has 0 aliphatic heterocycles. The zero-order valence-electron chi connectivity index (χ0n) is 22.4. The van der Waals surface area contributed by atoms with Crippen molar-refractivity contribution in [1.82, 2.24) is 0 Å². The Bertz CT molecular complexity index is 1100. The third-order valence-electron chi connectivity index (χ3n) is 7.38. The summed E-state index contributed by atoms with van der Waals surface area (Å²) in [6.07, 6.45) is 5.59. The Kier molecular flexibility index (Phi) is 11.2. The number of ether oxygens (including phenoxy) is 1. The van der Waals surface area contributed by atoms with Crippen molar-refractivity contribution in [2.24, 2.45) is 5.92 Å². The molecule has 0 spiro atoms. The fourth-order valence-electron chi connectivity index (χ4n) is 4.78. The van der Waals surface area contributed by atoms with E-state index in [9.17, 15) is 4.39 Å². The van der Waals surface area contributed by atoms with Crippen LogP contribution in [0.5, 0.6) is 5.75 Å². The standard InChI is InChI=1S/C32H41FIOP/c1-6-8-18-29(36-30-19-13-12-17-28(30)33)26-20-25(34)21-27(32(4,5)23(3)14-7-2)31(26)35-22-24-15-10-9-11-16-24/h9-13,15-17,19-21,23,29,36H,6-8,14,18,22H2,1-5H3. The molecule has 1 nitrogen and oxygen atoms in total. The van der Waals surface area contributed by atoms with Gasteiger partial charge >= 0.3 is 0 Å². The third-order valence-corrected chi connectivity index (χ3v) is 9.67. The number of hydrogen-bond donors (Lipinski definition) is 0. The highest BCUT2D eigenvalue weighted by Crippen LogP contribution is 2.49. The van der Waals surface area contributed by atoms with Gasteiger partial charge in [-0.1, -0.05) is 117 Å². The maximum absolute atomic E-state index is 14.8. The molecule has 3 unspecified atom stereocenters. The smallest absolute Gasteiger partial charge is 0.130 e. The van der Waals surface area contributed by atoms with Gasteiger partial charge in [-0.3, -0.25) is 0 Å². The van der Waals surface area contributed by atoms with E-state index in [0.717, 1.165) is 42.3 Å². The van der Waals surface area contributed by atoms with Gasteiger partial charge in [-0.25, -0.2) is 4.39 Å². The van der Waals surface area contributed by atoms with Gasteiger partial charge in [0.1, 0.15) is 18.2 Å². The van der Waals surface area contributed by atoms with Gasteiger partial charge in [0.05, 0.1) is 0 Å². The van der Waals surface area contributed by atoms with E-state index in [1.54, 1.807) is 12.1 Å². The van der Waals surface area contributed by atoms with Crippen molar-refractivity contribution in [2.45, 2.75) is 84.4 Å². The molecule has 0 aliphatic carbocycles. The first-order valence-electron chi connectivity index (χ1n) is 13.3. The van der Waals surface area contributed by atoms with Gasteiger partial charge in [0.2, 0.25) is 0 Å². The van der Waals surface area contributed by atoms with Crippen LogP contribution < -0.4 is 10.0 Å². The number of benzene rings is 3. The van der Waals surface area contributed by atoms with Crippen LogP contribution in [0.25, 0.3) is 0 Å². The fourth-order valence-corrected chi connectivity index (χ4v) is 6.94. The maximum Gasteiger partial charge on any atom is 0.130 e. The van der Waals surface area contributed by atoms with Gasteiger partial charge in [0, 0.05) is 25.7 Å². The van der Waals surface area contributed by atoms with E-state index in [1.807, 2.05) is 18.2 Å². The first-order chi connectivity index (χ1) is 17.3. The Balaban J connectivity index is 2.14. The number of unbranched alkanes of at least 4 members (excludes halogenated alkanes) is 1. The van der Waals surface area contributed by atoms with Crippen LogP contribution in [-0.2, 0) is 12.0 Å². The summed E-state index contributed by atoms with van der Waals surface area (Å²) in [7, 11) is 0.362. The van der Waals surface area contributed by atoms with E-state index >= 15 is 0 Å². The van der Waals surface area contributed by atoms with Gasteiger partial charge in [-0.2, -0.15) is 0 Å². The highest BCUT2D eigenvalue weighted by Gasteiger charge is 2.33. The molecule has 3 aromatic carbocycles. The zero-order valence-corrected chi connectivity index (χ0v) is 25.6. The van der Waals surface area contributed by atoms with Crippen LogP contribution in [0.15, 0.2) is 66.7 Å². The van der Waals surface area contributed by atoms with Crippen LogP contribution in [0, 0.1) is 15.3 Å². The lowest BCUT2D eigenvalue weighted by Gasteiger charge is -2.36. The lowest BCUT2D eigenvalue weighted by atomic mass is 9.71. The largest absolute Gasteiger partial charge is 0.488 e. The molecule has 194 valence electrons. The highest BCUT2D eigenvalue weighted by atomic mass is 127. The molecule has 0 radical (unpaired) electrons. The first kappa shape index (κ1) is 29.1. The van der Waals surface area contributed by atoms with Crippen molar-refractivity contribution in [3.63, 3.8) is 0 Å². The summed E-state index contributed by atoms with van der Waals surface area (Å²) in [5, 5.41) is 0.812. The Morgan fingerprint density at radius 3 is 2.31 bits per heavy atom. The van der Waals surface area contributed by atoms with Crippen molar-refractivity contribution >= 4 is 36.5 Å². The Morgan fingerprint density at radius 1 is 0.944 bits per heavy atom. The molecule has 0 amide bonds. The van der Waals surface area contributed by atoms with Crippen LogP contribution in [0.4, 0.5) is 4.39 Å². The summed E-state index contributed by atoms with van der Waals surface area (Å²) >= 11 is 2.45. The number of rotatable bonds is 13.